The lowest BCUT2D eigenvalue weighted by molar-refractivity contribution is -0.123. The first-order valence-electron chi connectivity index (χ1n) is 10.0. The van der Waals surface area contributed by atoms with Crippen LogP contribution in [0.3, 0.4) is 0 Å². The number of hydrogen-bond donors (Lipinski definition) is 1. The summed E-state index contributed by atoms with van der Waals surface area (Å²) < 4.78 is 24.5. The van der Waals surface area contributed by atoms with Gasteiger partial charge in [-0.2, -0.15) is 0 Å². The standard InChI is InChI=1S/C25H23FN2O4/c1-4-7-19-13-18(15-22(31-6-3)23(19)32-12-5-2)14-21-24(29)28(25(30)27-21)16-17-8-10-20(26)11-9-17/h2,4,8-11,13-15H,1,6-7,12,16H2,3H3,(H,27,30)/b21-14+. The van der Waals surface area contributed by atoms with E-state index in [9.17, 15) is 14.0 Å². The van der Waals surface area contributed by atoms with Crippen molar-refractivity contribution in [1.82, 2.24) is 10.2 Å². The lowest BCUT2D eigenvalue weighted by Gasteiger charge is -2.15. The number of nitrogens with one attached hydrogen (secondary N) is 1. The van der Waals surface area contributed by atoms with Crippen LogP contribution in [0.1, 0.15) is 23.6 Å². The monoisotopic (exact) mass is 434 g/mol. The maximum atomic E-state index is 13.1. The molecule has 0 aromatic heterocycles. The van der Waals surface area contributed by atoms with Gasteiger partial charge in [0.1, 0.15) is 18.1 Å². The normalized spacial score (nSPS) is 14.3. The van der Waals surface area contributed by atoms with Crippen molar-refractivity contribution >= 4 is 18.0 Å². The van der Waals surface area contributed by atoms with Crippen LogP contribution < -0.4 is 14.8 Å². The first-order chi connectivity index (χ1) is 15.5. The van der Waals surface area contributed by atoms with Crippen molar-refractivity contribution in [3.63, 3.8) is 0 Å². The molecule has 164 valence electrons. The molecule has 3 amide bonds. The number of terminal acetylenes is 1. The molecular formula is C25H23FN2O4. The molecule has 0 spiro atoms. The van der Waals surface area contributed by atoms with Crippen LogP contribution in [-0.4, -0.2) is 30.1 Å². The van der Waals surface area contributed by atoms with Crippen LogP contribution in [0.15, 0.2) is 54.8 Å². The molecule has 0 aliphatic carbocycles. The van der Waals surface area contributed by atoms with Gasteiger partial charge in [-0.3, -0.25) is 9.69 Å². The average Bonchev–Trinajstić information content (AvgIpc) is 3.02. The van der Waals surface area contributed by atoms with Crippen molar-refractivity contribution < 1.29 is 23.5 Å². The van der Waals surface area contributed by atoms with Gasteiger partial charge in [-0.1, -0.05) is 24.1 Å². The van der Waals surface area contributed by atoms with E-state index >= 15 is 0 Å². The molecule has 1 N–H and O–H groups in total. The van der Waals surface area contributed by atoms with E-state index < -0.39 is 11.9 Å². The Kier molecular flexibility index (Phi) is 7.29. The van der Waals surface area contributed by atoms with Crippen molar-refractivity contribution in [2.45, 2.75) is 19.9 Å². The number of nitrogens with zero attached hydrogens (tertiary/aromatic N) is 1. The third kappa shape index (κ3) is 5.16. The van der Waals surface area contributed by atoms with Crippen LogP contribution >= 0.6 is 0 Å². The molecule has 1 aliphatic heterocycles. The second-order valence-electron chi connectivity index (χ2n) is 6.93. The second-order valence-corrected chi connectivity index (χ2v) is 6.93. The van der Waals surface area contributed by atoms with Gasteiger partial charge in [0.15, 0.2) is 11.5 Å². The summed E-state index contributed by atoms with van der Waals surface area (Å²) in [5.41, 5.74) is 2.19. The number of amides is 3. The van der Waals surface area contributed by atoms with E-state index in [1.165, 1.54) is 24.3 Å². The maximum Gasteiger partial charge on any atom is 0.329 e. The van der Waals surface area contributed by atoms with E-state index in [0.29, 0.717) is 35.7 Å². The highest BCUT2D eigenvalue weighted by molar-refractivity contribution is 6.13. The van der Waals surface area contributed by atoms with Crippen LogP contribution in [0.2, 0.25) is 0 Å². The minimum absolute atomic E-state index is 0.0348. The van der Waals surface area contributed by atoms with Gasteiger partial charge in [0.05, 0.1) is 13.2 Å². The molecule has 2 aromatic rings. The zero-order valence-corrected chi connectivity index (χ0v) is 17.7. The summed E-state index contributed by atoms with van der Waals surface area (Å²) in [4.78, 5) is 26.3. The van der Waals surface area contributed by atoms with Gasteiger partial charge >= 0.3 is 6.03 Å². The van der Waals surface area contributed by atoms with E-state index in [1.54, 1.807) is 18.2 Å². The van der Waals surface area contributed by atoms with Crippen LogP contribution in [-0.2, 0) is 17.8 Å². The summed E-state index contributed by atoms with van der Waals surface area (Å²) >= 11 is 0. The Hall–Kier alpha value is -4.05. The highest BCUT2D eigenvalue weighted by atomic mass is 19.1. The predicted molar refractivity (Wildman–Crippen MR) is 119 cm³/mol. The quantitative estimate of drug-likeness (QED) is 0.280. The highest BCUT2D eigenvalue weighted by Crippen LogP contribution is 2.35. The number of hydrogen-bond acceptors (Lipinski definition) is 4. The Balaban J connectivity index is 1.91. The molecule has 0 unspecified atom stereocenters. The number of carbonyl (C=O) groups is 2. The van der Waals surface area contributed by atoms with Crippen LogP contribution in [0.5, 0.6) is 11.5 Å². The number of benzene rings is 2. The molecule has 0 saturated carbocycles. The smallest absolute Gasteiger partial charge is 0.329 e. The fraction of sp³-hybridized carbons (Fsp3) is 0.200. The molecule has 2 aromatic carbocycles. The zero-order valence-electron chi connectivity index (χ0n) is 17.7. The molecule has 6 nitrogen and oxygen atoms in total. The van der Waals surface area contributed by atoms with Gasteiger partial charge in [0.2, 0.25) is 0 Å². The Morgan fingerprint density at radius 2 is 1.97 bits per heavy atom. The molecule has 0 atom stereocenters. The molecular weight excluding hydrogens is 411 g/mol. The lowest BCUT2D eigenvalue weighted by Crippen LogP contribution is -2.30. The summed E-state index contributed by atoms with van der Waals surface area (Å²) in [7, 11) is 0. The predicted octanol–water partition coefficient (Wildman–Crippen LogP) is 4.06. The number of rotatable bonds is 9. The molecule has 0 radical (unpaired) electrons. The number of allylic oxidation sites excluding steroid dienone is 1. The molecule has 1 aliphatic rings. The van der Waals surface area contributed by atoms with E-state index in [0.717, 1.165) is 10.5 Å². The first kappa shape index (κ1) is 22.6. The van der Waals surface area contributed by atoms with Crippen LogP contribution in [0.4, 0.5) is 9.18 Å². The fourth-order valence-electron chi connectivity index (χ4n) is 3.27. The molecule has 32 heavy (non-hydrogen) atoms. The minimum atomic E-state index is -0.545. The largest absolute Gasteiger partial charge is 0.490 e. The minimum Gasteiger partial charge on any atom is -0.490 e. The van der Waals surface area contributed by atoms with Gasteiger partial charge in [0, 0.05) is 5.56 Å². The van der Waals surface area contributed by atoms with Gasteiger partial charge in [-0.15, -0.1) is 13.0 Å². The molecule has 7 heteroatoms. The lowest BCUT2D eigenvalue weighted by atomic mass is 10.0. The first-order valence-corrected chi connectivity index (χ1v) is 10.0. The Morgan fingerprint density at radius 3 is 2.62 bits per heavy atom. The third-order valence-corrected chi connectivity index (χ3v) is 4.65. The SMILES string of the molecule is C#CCOc1c(CC=C)cc(/C=C2/NC(=O)N(Cc3ccc(F)cc3)C2=O)cc1OCC. The number of imide groups is 1. The Morgan fingerprint density at radius 1 is 1.22 bits per heavy atom. The Labute approximate surface area is 186 Å². The second kappa shape index (κ2) is 10.3. The summed E-state index contributed by atoms with van der Waals surface area (Å²) in [5, 5.41) is 2.59. The number of carbonyl (C=O) groups excluding carboxylic acids is 2. The fourth-order valence-corrected chi connectivity index (χ4v) is 3.27. The van der Waals surface area contributed by atoms with Crippen molar-refractivity contribution in [3.05, 3.63) is 77.3 Å². The van der Waals surface area contributed by atoms with Gasteiger partial charge in [-0.25, -0.2) is 9.18 Å². The zero-order chi connectivity index (χ0) is 23.1. The molecule has 1 saturated heterocycles. The van der Waals surface area contributed by atoms with Gasteiger partial charge in [0.25, 0.3) is 5.91 Å². The average molecular weight is 434 g/mol. The van der Waals surface area contributed by atoms with E-state index in [1.807, 2.05) is 13.0 Å². The van der Waals surface area contributed by atoms with Gasteiger partial charge in [-0.05, 0) is 54.8 Å². The van der Waals surface area contributed by atoms with Crippen molar-refractivity contribution in [3.8, 4) is 23.8 Å². The van der Waals surface area contributed by atoms with Crippen molar-refractivity contribution in [1.29, 1.82) is 0 Å². The molecule has 0 bridgehead atoms. The van der Waals surface area contributed by atoms with E-state index in [2.05, 4.69) is 17.8 Å². The molecule has 3 rings (SSSR count). The summed E-state index contributed by atoms with van der Waals surface area (Å²) in [6, 6.07) is 8.62. The highest BCUT2D eigenvalue weighted by Gasteiger charge is 2.33. The van der Waals surface area contributed by atoms with Gasteiger partial charge < -0.3 is 14.8 Å². The van der Waals surface area contributed by atoms with Crippen molar-refractivity contribution in [2.24, 2.45) is 0 Å². The topological polar surface area (TPSA) is 67.9 Å². The van der Waals surface area contributed by atoms with Crippen molar-refractivity contribution in [2.75, 3.05) is 13.2 Å². The molecule has 1 fully saturated rings. The summed E-state index contributed by atoms with van der Waals surface area (Å²) in [5.74, 6) is 2.57. The van der Waals surface area contributed by atoms with Crippen LogP contribution in [0.25, 0.3) is 6.08 Å². The molecule has 1 heterocycles. The summed E-state index contributed by atoms with van der Waals surface area (Å²) in [6.45, 7) is 6.13. The van der Waals surface area contributed by atoms with E-state index in [4.69, 9.17) is 15.9 Å². The Bertz CT molecular complexity index is 1100. The third-order valence-electron chi connectivity index (χ3n) is 4.65. The maximum absolute atomic E-state index is 13.1. The van der Waals surface area contributed by atoms with Crippen LogP contribution in [0, 0.1) is 18.2 Å². The number of urea groups is 1. The van der Waals surface area contributed by atoms with E-state index in [-0.39, 0.29) is 24.7 Å². The number of halogens is 1. The summed E-state index contributed by atoms with van der Waals surface area (Å²) in [6.07, 6.45) is 9.11. The number of ether oxygens (including phenoxy) is 2.